The number of nitrogens with one attached hydrogen (secondary N) is 1. The van der Waals surface area contributed by atoms with E-state index in [0.29, 0.717) is 31.3 Å². The third kappa shape index (κ3) is 5.61. The van der Waals surface area contributed by atoms with Crippen LogP contribution in [0.3, 0.4) is 0 Å². The fourth-order valence-electron chi connectivity index (χ4n) is 5.57. The molecule has 2 aliphatic rings. The molecule has 12 heteroatoms. The van der Waals surface area contributed by atoms with Gasteiger partial charge in [-0.2, -0.15) is 0 Å². The number of nitrogens with zero attached hydrogens (tertiary/aromatic N) is 2. The van der Waals surface area contributed by atoms with Gasteiger partial charge < -0.3 is 5.32 Å². The number of benzene rings is 3. The Kier molecular flexibility index (Phi) is 8.22. The van der Waals surface area contributed by atoms with E-state index in [0.717, 1.165) is 34.2 Å². The predicted molar refractivity (Wildman–Crippen MR) is 178 cm³/mol. The van der Waals surface area contributed by atoms with Crippen LogP contribution in [0, 0.1) is 5.92 Å². The summed E-state index contributed by atoms with van der Waals surface area (Å²) < 4.78 is 1.38. The second kappa shape index (κ2) is 11.7. The van der Waals surface area contributed by atoms with E-state index in [1.807, 2.05) is 24.3 Å². The number of thioether (sulfide) groups is 1. The van der Waals surface area contributed by atoms with Crippen LogP contribution in [0.2, 0.25) is 15.1 Å². The highest BCUT2D eigenvalue weighted by molar-refractivity contribution is 8.00. The molecule has 44 heavy (non-hydrogen) atoms. The molecular weight excluding hydrogens is 661 g/mol. The van der Waals surface area contributed by atoms with Crippen LogP contribution < -0.4 is 15.1 Å². The zero-order valence-corrected chi connectivity index (χ0v) is 27.7. The van der Waals surface area contributed by atoms with E-state index in [1.165, 1.54) is 15.5 Å². The quantitative estimate of drug-likeness (QED) is 0.219. The van der Waals surface area contributed by atoms with Crippen molar-refractivity contribution in [3.05, 3.63) is 107 Å². The summed E-state index contributed by atoms with van der Waals surface area (Å²) in [7, 11) is 0. The Labute approximate surface area is 277 Å². The molecule has 0 saturated carbocycles. The van der Waals surface area contributed by atoms with Gasteiger partial charge in [0, 0.05) is 21.5 Å². The molecule has 3 atom stereocenters. The number of amides is 3. The normalized spacial score (nSPS) is 19.6. The summed E-state index contributed by atoms with van der Waals surface area (Å²) in [6.45, 7) is 6.07. The lowest BCUT2D eigenvalue weighted by atomic mass is 9.81. The van der Waals surface area contributed by atoms with Gasteiger partial charge in [0.05, 0.1) is 26.7 Å². The Hall–Kier alpha value is -3.08. The summed E-state index contributed by atoms with van der Waals surface area (Å²) in [5.74, 6) is -2.46. The number of anilines is 2. The Morgan fingerprint density at radius 3 is 2.20 bits per heavy atom. The smallest absolute Gasteiger partial charge is 0.308 e. The van der Waals surface area contributed by atoms with Crippen molar-refractivity contribution in [2.75, 3.05) is 10.2 Å². The van der Waals surface area contributed by atoms with Crippen LogP contribution in [0.25, 0.3) is 0 Å². The minimum Gasteiger partial charge on any atom is -0.324 e. The highest BCUT2D eigenvalue weighted by atomic mass is 35.5. The number of halogens is 3. The van der Waals surface area contributed by atoms with Gasteiger partial charge in [-0.25, -0.2) is 4.90 Å². The molecule has 2 aliphatic heterocycles. The lowest BCUT2D eigenvalue weighted by Gasteiger charge is -2.31. The van der Waals surface area contributed by atoms with Crippen molar-refractivity contribution in [3.8, 4) is 0 Å². The van der Waals surface area contributed by atoms with E-state index in [4.69, 9.17) is 34.8 Å². The van der Waals surface area contributed by atoms with Crippen LogP contribution in [0.5, 0.6) is 0 Å². The Bertz CT molecular complexity index is 1860. The molecule has 0 spiro atoms. The molecule has 7 nitrogen and oxygen atoms in total. The zero-order chi connectivity index (χ0) is 31.5. The van der Waals surface area contributed by atoms with E-state index in [-0.39, 0.29) is 33.7 Å². The SMILES string of the molecule is CC(C)(C)c1ccc([C@@H]2c3sc(=O)n(CC(=O)Nc4ccc(Cl)c(Cl)c4)c3S[C@H]3C(=O)N(c4ccc(Cl)cc4)C(=O)[C@@H]23)cc1. The average Bonchev–Trinajstić information content (AvgIpc) is 3.41. The highest BCUT2D eigenvalue weighted by Crippen LogP contribution is 2.54. The van der Waals surface area contributed by atoms with Crippen LogP contribution >= 0.6 is 57.9 Å². The van der Waals surface area contributed by atoms with Gasteiger partial charge in [-0.1, -0.05) is 103 Å². The van der Waals surface area contributed by atoms with Gasteiger partial charge in [0.25, 0.3) is 0 Å². The first-order valence-electron chi connectivity index (χ1n) is 13.7. The molecule has 0 unspecified atom stereocenters. The lowest BCUT2D eigenvalue weighted by Crippen LogP contribution is -2.33. The molecular formula is C32H26Cl3N3O4S2. The zero-order valence-electron chi connectivity index (χ0n) is 23.8. The number of aromatic nitrogens is 1. The number of hydrogen-bond donors (Lipinski definition) is 1. The number of carbonyl (C=O) groups excluding carboxylic acids is 3. The molecule has 3 amide bonds. The van der Waals surface area contributed by atoms with Crippen molar-refractivity contribution in [3.63, 3.8) is 0 Å². The maximum atomic E-state index is 14.1. The summed E-state index contributed by atoms with van der Waals surface area (Å²) in [5, 5.41) is 3.59. The van der Waals surface area contributed by atoms with Crippen molar-refractivity contribution < 1.29 is 14.4 Å². The summed E-state index contributed by atoms with van der Waals surface area (Å²) in [5.41, 5.74) is 2.71. The van der Waals surface area contributed by atoms with E-state index < -0.39 is 23.0 Å². The fraction of sp³-hybridized carbons (Fsp3) is 0.250. The molecule has 0 aliphatic carbocycles. The Morgan fingerprint density at radius 1 is 0.886 bits per heavy atom. The molecule has 3 heterocycles. The molecule has 6 rings (SSSR count). The van der Waals surface area contributed by atoms with Gasteiger partial charge in [0.2, 0.25) is 17.7 Å². The fourth-order valence-corrected chi connectivity index (χ4v) is 8.76. The molecule has 1 N–H and O–H groups in total. The number of fused-ring (bicyclic) bond motifs is 2. The third-order valence-electron chi connectivity index (χ3n) is 7.77. The van der Waals surface area contributed by atoms with Gasteiger partial charge in [-0.15, -0.1) is 0 Å². The van der Waals surface area contributed by atoms with Gasteiger partial charge in [-0.05, 0) is 59.0 Å². The molecule has 1 saturated heterocycles. The van der Waals surface area contributed by atoms with Crippen molar-refractivity contribution in [2.45, 2.75) is 48.9 Å². The van der Waals surface area contributed by atoms with E-state index in [2.05, 4.69) is 26.1 Å². The number of imide groups is 1. The molecule has 3 aromatic carbocycles. The molecule has 1 fully saturated rings. The van der Waals surface area contributed by atoms with Crippen LogP contribution in [0.1, 0.15) is 42.7 Å². The summed E-state index contributed by atoms with van der Waals surface area (Å²) in [6, 6.07) is 19.3. The van der Waals surface area contributed by atoms with E-state index in [1.54, 1.807) is 36.4 Å². The molecule has 226 valence electrons. The minimum absolute atomic E-state index is 0.0883. The van der Waals surface area contributed by atoms with Crippen LogP contribution in [-0.2, 0) is 26.3 Å². The Balaban J connectivity index is 1.41. The highest BCUT2D eigenvalue weighted by Gasteiger charge is 2.56. The molecule has 4 aromatic rings. The van der Waals surface area contributed by atoms with Gasteiger partial charge in [0.15, 0.2) is 0 Å². The topological polar surface area (TPSA) is 88.5 Å². The average molecular weight is 687 g/mol. The van der Waals surface area contributed by atoms with Crippen molar-refractivity contribution >= 4 is 87.0 Å². The summed E-state index contributed by atoms with van der Waals surface area (Å²) in [4.78, 5) is 56.0. The number of rotatable bonds is 5. The van der Waals surface area contributed by atoms with Crippen LogP contribution in [0.15, 0.2) is 76.6 Å². The number of carbonyl (C=O) groups is 3. The lowest BCUT2D eigenvalue weighted by molar-refractivity contribution is -0.122. The van der Waals surface area contributed by atoms with Gasteiger partial charge in [0.1, 0.15) is 11.8 Å². The monoisotopic (exact) mass is 685 g/mol. The van der Waals surface area contributed by atoms with Gasteiger partial charge in [-0.3, -0.25) is 23.7 Å². The van der Waals surface area contributed by atoms with Crippen molar-refractivity contribution in [1.29, 1.82) is 0 Å². The van der Waals surface area contributed by atoms with E-state index in [9.17, 15) is 19.2 Å². The van der Waals surface area contributed by atoms with Crippen molar-refractivity contribution in [2.24, 2.45) is 5.92 Å². The second-order valence-electron chi connectivity index (χ2n) is 11.7. The van der Waals surface area contributed by atoms with Gasteiger partial charge >= 0.3 is 4.87 Å². The summed E-state index contributed by atoms with van der Waals surface area (Å²) in [6.07, 6.45) is 0. The first-order chi connectivity index (χ1) is 20.8. The van der Waals surface area contributed by atoms with E-state index >= 15 is 0 Å². The maximum absolute atomic E-state index is 14.1. The number of hydrogen-bond acceptors (Lipinski definition) is 6. The molecule has 0 radical (unpaired) electrons. The first kappa shape index (κ1) is 30.9. The first-order valence-corrected chi connectivity index (χ1v) is 16.6. The largest absolute Gasteiger partial charge is 0.324 e. The maximum Gasteiger partial charge on any atom is 0.308 e. The Morgan fingerprint density at radius 2 is 1.57 bits per heavy atom. The standard InChI is InChI=1S/C32H26Cl3N3O4S2/c1-32(2,3)17-6-4-16(5-7-17)24-25-26(29(41)38(28(25)40)20-11-8-18(33)9-12-20)43-30-27(24)44-31(42)37(30)15-23(39)36-19-10-13-21(34)22(35)14-19/h4-14,24-26H,15H2,1-3H3,(H,36,39)/t24-,25-,26+/m0/s1. The van der Waals surface area contributed by atoms with Crippen molar-refractivity contribution in [1.82, 2.24) is 4.57 Å². The van der Waals surface area contributed by atoms with Crippen LogP contribution in [0.4, 0.5) is 11.4 Å². The minimum atomic E-state index is -0.795. The van der Waals surface area contributed by atoms with Crippen LogP contribution in [-0.4, -0.2) is 27.5 Å². The second-order valence-corrected chi connectivity index (χ2v) is 15.1. The third-order valence-corrected chi connectivity index (χ3v) is 11.4. The number of thiazole rings is 1. The molecule has 0 bridgehead atoms. The predicted octanol–water partition coefficient (Wildman–Crippen LogP) is 7.60. The summed E-state index contributed by atoms with van der Waals surface area (Å²) >= 11 is 20.3. The molecule has 1 aromatic heterocycles.